The maximum absolute atomic E-state index is 11.3. The molecule has 1 saturated carbocycles. The number of esters is 1. The fourth-order valence-electron chi connectivity index (χ4n) is 3.30. The van der Waals surface area contributed by atoms with Gasteiger partial charge in [-0.2, -0.15) is 0 Å². The second-order valence-corrected chi connectivity index (χ2v) is 6.01. The highest BCUT2D eigenvalue weighted by molar-refractivity contribution is 5.90. The minimum Gasteiger partial charge on any atom is -0.454 e. The topological polar surface area (TPSA) is 26.3 Å². The zero-order valence-corrected chi connectivity index (χ0v) is 9.95. The van der Waals surface area contributed by atoms with Gasteiger partial charge < -0.3 is 4.74 Å². The van der Waals surface area contributed by atoms with Gasteiger partial charge in [0, 0.05) is 12.0 Å². The van der Waals surface area contributed by atoms with Crippen LogP contribution < -0.4 is 0 Å². The molecule has 4 rings (SSSR count). The van der Waals surface area contributed by atoms with E-state index in [0.717, 1.165) is 12.3 Å². The van der Waals surface area contributed by atoms with Crippen molar-refractivity contribution in [2.45, 2.75) is 39.2 Å². The molecular formula is C14H18O2. The third-order valence-corrected chi connectivity index (χ3v) is 4.83. The summed E-state index contributed by atoms with van der Waals surface area (Å²) in [5.74, 6) is 1.27. The summed E-state index contributed by atoms with van der Waals surface area (Å²) >= 11 is 0. The summed E-state index contributed by atoms with van der Waals surface area (Å²) in [6.07, 6.45) is 5.48. The van der Waals surface area contributed by atoms with Gasteiger partial charge in [0.05, 0.1) is 0 Å². The molecule has 0 spiro atoms. The quantitative estimate of drug-likeness (QED) is 0.384. The van der Waals surface area contributed by atoms with Crippen LogP contribution in [0.15, 0.2) is 23.8 Å². The molecule has 0 N–H and O–H groups in total. The molecule has 1 saturated heterocycles. The van der Waals surface area contributed by atoms with Crippen LogP contribution in [0.1, 0.15) is 33.1 Å². The van der Waals surface area contributed by atoms with Gasteiger partial charge in [0.25, 0.3) is 0 Å². The number of hydrogen-bond donors (Lipinski definition) is 0. The SMILES string of the molecule is C=C1CC(C2=CC3CC(C2)C3(C)C)OC1=O. The Kier molecular flexibility index (Phi) is 1.90. The van der Waals surface area contributed by atoms with Gasteiger partial charge in [0.2, 0.25) is 0 Å². The number of carbonyl (C=O) groups excluding carboxylic acids is 1. The minimum atomic E-state index is -0.204. The molecule has 4 aliphatic rings. The van der Waals surface area contributed by atoms with Crippen molar-refractivity contribution in [3.8, 4) is 0 Å². The molecule has 0 aromatic carbocycles. The highest BCUT2D eigenvalue weighted by Gasteiger charge is 2.51. The van der Waals surface area contributed by atoms with Crippen molar-refractivity contribution in [2.24, 2.45) is 17.3 Å². The fraction of sp³-hybridized carbons (Fsp3) is 0.643. The Bertz CT molecular complexity index is 387. The zero-order chi connectivity index (χ0) is 11.5. The van der Waals surface area contributed by atoms with E-state index < -0.39 is 0 Å². The van der Waals surface area contributed by atoms with Gasteiger partial charge in [-0.1, -0.05) is 26.5 Å². The van der Waals surface area contributed by atoms with E-state index in [0.29, 0.717) is 23.3 Å². The summed E-state index contributed by atoms with van der Waals surface area (Å²) in [4.78, 5) is 11.3. The lowest BCUT2D eigenvalue weighted by atomic mass is 9.49. The number of fused-ring (bicyclic) bond motifs is 1. The van der Waals surface area contributed by atoms with Gasteiger partial charge in [0.1, 0.15) is 6.10 Å². The van der Waals surface area contributed by atoms with Gasteiger partial charge in [-0.15, -0.1) is 0 Å². The average Bonchev–Trinajstić information content (AvgIpc) is 2.59. The summed E-state index contributed by atoms with van der Waals surface area (Å²) in [5, 5.41) is 0. The number of carbonyl (C=O) groups is 1. The predicted molar refractivity (Wildman–Crippen MR) is 61.7 cm³/mol. The van der Waals surface area contributed by atoms with Crippen molar-refractivity contribution >= 4 is 5.97 Å². The van der Waals surface area contributed by atoms with Crippen molar-refractivity contribution < 1.29 is 9.53 Å². The number of allylic oxidation sites excluding steroid dienone is 1. The van der Waals surface area contributed by atoms with E-state index >= 15 is 0 Å². The van der Waals surface area contributed by atoms with Crippen LogP contribution in [0.3, 0.4) is 0 Å². The van der Waals surface area contributed by atoms with Crippen molar-refractivity contribution in [1.29, 1.82) is 0 Å². The van der Waals surface area contributed by atoms with E-state index in [1.54, 1.807) is 0 Å². The largest absolute Gasteiger partial charge is 0.454 e. The Hall–Kier alpha value is -1.05. The Morgan fingerprint density at radius 2 is 2.19 bits per heavy atom. The molecule has 3 unspecified atom stereocenters. The van der Waals surface area contributed by atoms with Crippen LogP contribution >= 0.6 is 0 Å². The third kappa shape index (κ3) is 1.22. The Labute approximate surface area is 96.4 Å². The van der Waals surface area contributed by atoms with E-state index in [1.807, 2.05) is 0 Å². The molecule has 3 aliphatic carbocycles. The smallest absolute Gasteiger partial charge is 0.334 e. The summed E-state index contributed by atoms with van der Waals surface area (Å²) in [5.41, 5.74) is 2.43. The van der Waals surface area contributed by atoms with Crippen molar-refractivity contribution in [3.63, 3.8) is 0 Å². The van der Waals surface area contributed by atoms with Crippen LogP contribution in [0.4, 0.5) is 0 Å². The molecule has 2 bridgehead atoms. The Morgan fingerprint density at radius 3 is 2.62 bits per heavy atom. The lowest BCUT2D eigenvalue weighted by Crippen LogP contribution is -2.47. The molecule has 2 heteroatoms. The highest BCUT2D eigenvalue weighted by atomic mass is 16.5. The number of cyclic esters (lactones) is 1. The Balaban J connectivity index is 1.80. The number of ether oxygens (including phenoxy) is 1. The molecule has 0 radical (unpaired) electrons. The van der Waals surface area contributed by atoms with Gasteiger partial charge >= 0.3 is 5.97 Å². The molecule has 86 valence electrons. The summed E-state index contributed by atoms with van der Waals surface area (Å²) < 4.78 is 5.34. The minimum absolute atomic E-state index is 0.00130. The van der Waals surface area contributed by atoms with E-state index in [1.165, 1.54) is 12.0 Å². The molecule has 0 aromatic rings. The molecule has 0 aromatic heterocycles. The average molecular weight is 218 g/mol. The standard InChI is InChI=1S/C14H18O2/c1-8-4-12(16-13(8)15)9-5-10-7-11(6-9)14(10,2)3/h5,10-12H,1,4,6-7H2,2-3H3. The van der Waals surface area contributed by atoms with Crippen LogP contribution in [-0.4, -0.2) is 12.1 Å². The molecule has 2 fully saturated rings. The first kappa shape index (κ1) is 10.1. The van der Waals surface area contributed by atoms with Gasteiger partial charge in [-0.25, -0.2) is 4.79 Å². The Morgan fingerprint density at radius 1 is 1.44 bits per heavy atom. The van der Waals surface area contributed by atoms with Gasteiger partial charge in [-0.05, 0) is 35.7 Å². The summed E-state index contributed by atoms with van der Waals surface area (Å²) in [7, 11) is 0. The second kappa shape index (κ2) is 2.99. The maximum Gasteiger partial charge on any atom is 0.334 e. The third-order valence-electron chi connectivity index (χ3n) is 4.83. The van der Waals surface area contributed by atoms with Crippen LogP contribution in [0, 0.1) is 17.3 Å². The predicted octanol–water partition coefficient (Wildman–Crippen LogP) is 2.85. The van der Waals surface area contributed by atoms with Crippen molar-refractivity contribution in [2.75, 3.05) is 0 Å². The van der Waals surface area contributed by atoms with Crippen molar-refractivity contribution in [3.05, 3.63) is 23.8 Å². The highest BCUT2D eigenvalue weighted by Crippen LogP contribution is 2.58. The lowest BCUT2D eigenvalue weighted by molar-refractivity contribution is -0.138. The molecule has 2 nitrogen and oxygen atoms in total. The fourth-order valence-corrected chi connectivity index (χ4v) is 3.30. The lowest BCUT2D eigenvalue weighted by Gasteiger charge is -2.55. The zero-order valence-electron chi connectivity index (χ0n) is 9.95. The van der Waals surface area contributed by atoms with E-state index in [2.05, 4.69) is 26.5 Å². The molecule has 0 amide bonds. The second-order valence-electron chi connectivity index (χ2n) is 6.01. The monoisotopic (exact) mass is 218 g/mol. The molecular weight excluding hydrogens is 200 g/mol. The van der Waals surface area contributed by atoms with Crippen LogP contribution in [-0.2, 0) is 9.53 Å². The van der Waals surface area contributed by atoms with Gasteiger partial charge in [-0.3, -0.25) is 0 Å². The summed E-state index contributed by atoms with van der Waals surface area (Å²) in [6, 6.07) is 0. The maximum atomic E-state index is 11.3. The van der Waals surface area contributed by atoms with E-state index in [9.17, 15) is 4.79 Å². The molecule has 16 heavy (non-hydrogen) atoms. The first-order valence-electron chi connectivity index (χ1n) is 6.08. The van der Waals surface area contributed by atoms with Crippen LogP contribution in [0.5, 0.6) is 0 Å². The first-order chi connectivity index (χ1) is 7.48. The molecule has 1 aliphatic heterocycles. The van der Waals surface area contributed by atoms with E-state index in [-0.39, 0.29) is 12.1 Å². The van der Waals surface area contributed by atoms with Gasteiger partial charge in [0.15, 0.2) is 0 Å². The number of hydrogen-bond acceptors (Lipinski definition) is 2. The van der Waals surface area contributed by atoms with Crippen molar-refractivity contribution in [1.82, 2.24) is 0 Å². The molecule has 1 heterocycles. The molecule has 3 atom stereocenters. The number of rotatable bonds is 1. The van der Waals surface area contributed by atoms with E-state index in [4.69, 9.17) is 4.74 Å². The normalized spacial score (nSPS) is 40.1. The van der Waals surface area contributed by atoms with Crippen LogP contribution in [0.2, 0.25) is 0 Å². The summed E-state index contributed by atoms with van der Waals surface area (Å²) in [6.45, 7) is 8.43. The van der Waals surface area contributed by atoms with Crippen LogP contribution in [0.25, 0.3) is 0 Å². The first-order valence-corrected chi connectivity index (χ1v) is 6.08.